The van der Waals surface area contributed by atoms with Gasteiger partial charge in [0.05, 0.1) is 18.9 Å². The number of aliphatic hydroxyl groups is 2. The largest absolute Gasteiger partial charge is 0.387 e. The van der Waals surface area contributed by atoms with Crippen molar-refractivity contribution in [3.63, 3.8) is 0 Å². The molecule has 0 aliphatic rings. The number of anilines is 1. The van der Waals surface area contributed by atoms with E-state index in [1.165, 1.54) is 17.2 Å². The Morgan fingerprint density at radius 3 is 2.88 bits per heavy atom. The Labute approximate surface area is 96.0 Å². The van der Waals surface area contributed by atoms with Gasteiger partial charge >= 0.3 is 0 Å². The number of nitrogens with two attached hydrogens (primary N) is 1. The van der Waals surface area contributed by atoms with E-state index in [1.54, 1.807) is 6.07 Å². The summed E-state index contributed by atoms with van der Waals surface area (Å²) in [5.41, 5.74) is 6.46. The summed E-state index contributed by atoms with van der Waals surface area (Å²) in [6, 6.07) is 1.55. The highest BCUT2D eigenvalue weighted by molar-refractivity contribution is 5.81. The topological polar surface area (TPSA) is 134 Å². The van der Waals surface area contributed by atoms with Crippen LogP contribution in [-0.4, -0.2) is 41.9 Å². The van der Waals surface area contributed by atoms with Gasteiger partial charge in [0.2, 0.25) is 0 Å². The molecule has 0 amide bonds. The van der Waals surface area contributed by atoms with Crippen LogP contribution in [0.4, 0.5) is 5.82 Å². The zero-order valence-electron chi connectivity index (χ0n) is 8.72. The van der Waals surface area contributed by atoms with Crippen LogP contribution in [0.3, 0.4) is 0 Å². The standard InChI is InChI=1S/C9H10N6O2/c10-1-5(16)6(17)2-15-4-14-7-8(11)12-3-13-9(7)15/h3-6,16-17H,2H2,(H2,11,12,13)/t5-,6+/m1/s1. The lowest BCUT2D eigenvalue weighted by Crippen LogP contribution is -2.28. The number of fused-ring (bicyclic) bond motifs is 1. The number of aliphatic hydroxyl groups excluding tert-OH is 2. The highest BCUT2D eigenvalue weighted by atomic mass is 16.3. The third-order valence-corrected chi connectivity index (χ3v) is 2.31. The summed E-state index contributed by atoms with van der Waals surface area (Å²) in [7, 11) is 0. The van der Waals surface area contributed by atoms with E-state index in [1.807, 2.05) is 0 Å². The summed E-state index contributed by atoms with van der Waals surface area (Å²) in [6.45, 7) is 0.00167. The molecule has 0 spiro atoms. The minimum absolute atomic E-state index is 0.00167. The van der Waals surface area contributed by atoms with Crippen molar-refractivity contribution in [3.05, 3.63) is 12.7 Å². The fourth-order valence-corrected chi connectivity index (χ4v) is 1.42. The minimum atomic E-state index is -1.45. The van der Waals surface area contributed by atoms with Crippen molar-refractivity contribution in [2.75, 3.05) is 5.73 Å². The summed E-state index contributed by atoms with van der Waals surface area (Å²) in [6.07, 6.45) is 0.0339. The summed E-state index contributed by atoms with van der Waals surface area (Å²) < 4.78 is 1.50. The first-order valence-corrected chi connectivity index (χ1v) is 4.80. The number of rotatable bonds is 3. The molecule has 0 fully saturated rings. The van der Waals surface area contributed by atoms with Crippen molar-refractivity contribution < 1.29 is 10.2 Å². The van der Waals surface area contributed by atoms with E-state index < -0.39 is 12.2 Å². The fourth-order valence-electron chi connectivity index (χ4n) is 1.42. The van der Waals surface area contributed by atoms with Crippen LogP contribution < -0.4 is 5.73 Å². The van der Waals surface area contributed by atoms with Crippen LogP contribution in [0.15, 0.2) is 12.7 Å². The van der Waals surface area contributed by atoms with E-state index in [4.69, 9.17) is 16.1 Å². The average Bonchev–Trinajstić information content (AvgIpc) is 2.73. The zero-order valence-corrected chi connectivity index (χ0v) is 8.72. The molecule has 4 N–H and O–H groups in total. The number of aromatic nitrogens is 4. The maximum Gasteiger partial charge on any atom is 0.167 e. The highest BCUT2D eigenvalue weighted by Crippen LogP contribution is 2.14. The maximum absolute atomic E-state index is 9.52. The monoisotopic (exact) mass is 234 g/mol. The van der Waals surface area contributed by atoms with E-state index in [2.05, 4.69) is 15.0 Å². The third-order valence-electron chi connectivity index (χ3n) is 2.31. The molecule has 0 unspecified atom stereocenters. The van der Waals surface area contributed by atoms with Crippen LogP contribution in [0.5, 0.6) is 0 Å². The average molecular weight is 234 g/mol. The molecule has 88 valence electrons. The number of hydrogen-bond acceptors (Lipinski definition) is 7. The van der Waals surface area contributed by atoms with Crippen LogP contribution in [-0.2, 0) is 6.54 Å². The maximum atomic E-state index is 9.52. The van der Waals surface area contributed by atoms with Crippen molar-refractivity contribution in [1.82, 2.24) is 19.5 Å². The Balaban J connectivity index is 2.32. The van der Waals surface area contributed by atoms with Crippen LogP contribution in [0.2, 0.25) is 0 Å². The first kappa shape index (κ1) is 11.3. The van der Waals surface area contributed by atoms with Gasteiger partial charge in [-0.15, -0.1) is 0 Å². The van der Waals surface area contributed by atoms with E-state index in [-0.39, 0.29) is 12.4 Å². The summed E-state index contributed by atoms with van der Waals surface area (Å²) in [5, 5.41) is 27.1. The smallest absolute Gasteiger partial charge is 0.167 e. The van der Waals surface area contributed by atoms with Crippen molar-refractivity contribution in [3.8, 4) is 6.07 Å². The summed E-state index contributed by atoms with van der Waals surface area (Å²) >= 11 is 0. The van der Waals surface area contributed by atoms with Gasteiger partial charge in [-0.2, -0.15) is 5.26 Å². The fraction of sp³-hybridized carbons (Fsp3) is 0.333. The summed E-state index contributed by atoms with van der Waals surface area (Å²) in [4.78, 5) is 11.7. The second-order valence-electron chi connectivity index (χ2n) is 3.47. The molecule has 0 aliphatic carbocycles. The van der Waals surface area contributed by atoms with Gasteiger partial charge < -0.3 is 20.5 Å². The van der Waals surface area contributed by atoms with E-state index in [0.717, 1.165) is 0 Å². The van der Waals surface area contributed by atoms with Gasteiger partial charge in [-0.3, -0.25) is 0 Å². The molecule has 17 heavy (non-hydrogen) atoms. The SMILES string of the molecule is N#C[C@@H](O)[C@@H](O)Cn1cnc2c(N)ncnc21. The lowest BCUT2D eigenvalue weighted by molar-refractivity contribution is 0.0421. The molecule has 0 aromatic carbocycles. The summed E-state index contributed by atoms with van der Waals surface area (Å²) in [5.74, 6) is 0.240. The molecular formula is C9H10N6O2. The Bertz CT molecular complexity index is 574. The van der Waals surface area contributed by atoms with Gasteiger partial charge in [0.15, 0.2) is 17.6 Å². The van der Waals surface area contributed by atoms with Gasteiger partial charge in [-0.05, 0) is 0 Å². The Morgan fingerprint density at radius 1 is 1.41 bits per heavy atom. The van der Waals surface area contributed by atoms with Gasteiger partial charge in [0, 0.05) is 0 Å². The molecule has 0 bridgehead atoms. The first-order chi connectivity index (χ1) is 8.13. The quantitative estimate of drug-likeness (QED) is 0.559. The molecule has 0 saturated heterocycles. The number of nitrogens with zero attached hydrogens (tertiary/aromatic N) is 5. The van der Waals surface area contributed by atoms with Crippen LogP contribution in [0.1, 0.15) is 0 Å². The van der Waals surface area contributed by atoms with Crippen LogP contribution in [0.25, 0.3) is 11.2 Å². The Hall–Kier alpha value is -2.24. The van der Waals surface area contributed by atoms with Crippen molar-refractivity contribution >= 4 is 17.0 Å². The molecule has 8 heteroatoms. The van der Waals surface area contributed by atoms with Crippen LogP contribution in [0, 0.1) is 11.3 Å². The molecule has 0 aliphatic heterocycles. The lowest BCUT2D eigenvalue weighted by atomic mass is 10.2. The molecule has 2 aromatic heterocycles. The first-order valence-electron chi connectivity index (χ1n) is 4.80. The number of nitrogen functional groups attached to an aromatic ring is 1. The predicted octanol–water partition coefficient (Wildman–Crippen LogP) is -1.35. The van der Waals surface area contributed by atoms with Gasteiger partial charge in [0.1, 0.15) is 17.9 Å². The minimum Gasteiger partial charge on any atom is -0.387 e. The molecular weight excluding hydrogens is 224 g/mol. The number of nitriles is 1. The molecule has 2 atom stereocenters. The van der Waals surface area contributed by atoms with E-state index in [9.17, 15) is 5.11 Å². The molecule has 8 nitrogen and oxygen atoms in total. The zero-order chi connectivity index (χ0) is 12.4. The van der Waals surface area contributed by atoms with Crippen molar-refractivity contribution in [2.24, 2.45) is 0 Å². The molecule has 0 saturated carbocycles. The number of hydrogen-bond donors (Lipinski definition) is 3. The van der Waals surface area contributed by atoms with Crippen molar-refractivity contribution in [1.29, 1.82) is 5.26 Å². The van der Waals surface area contributed by atoms with Gasteiger partial charge in [-0.25, -0.2) is 15.0 Å². The van der Waals surface area contributed by atoms with Crippen LogP contribution >= 0.6 is 0 Å². The van der Waals surface area contributed by atoms with Crippen molar-refractivity contribution in [2.45, 2.75) is 18.8 Å². The normalized spacial score (nSPS) is 14.4. The second kappa shape index (κ2) is 4.32. The van der Waals surface area contributed by atoms with E-state index in [0.29, 0.717) is 11.2 Å². The second-order valence-corrected chi connectivity index (χ2v) is 3.47. The van der Waals surface area contributed by atoms with E-state index >= 15 is 0 Å². The molecule has 2 heterocycles. The molecule has 2 rings (SSSR count). The predicted molar refractivity (Wildman–Crippen MR) is 57.4 cm³/mol. The van der Waals surface area contributed by atoms with Gasteiger partial charge in [0.25, 0.3) is 0 Å². The Kier molecular flexibility index (Phi) is 2.86. The third kappa shape index (κ3) is 2.01. The highest BCUT2D eigenvalue weighted by Gasteiger charge is 2.17. The molecule has 2 aromatic rings. The lowest BCUT2D eigenvalue weighted by Gasteiger charge is -2.12. The molecule has 0 radical (unpaired) electrons. The number of imidazole rings is 1. The Morgan fingerprint density at radius 2 is 2.18 bits per heavy atom. The van der Waals surface area contributed by atoms with Gasteiger partial charge in [-0.1, -0.05) is 0 Å².